The first-order chi connectivity index (χ1) is 19.3. The van der Waals surface area contributed by atoms with Gasteiger partial charge in [-0.2, -0.15) is 0 Å². The Balaban J connectivity index is 2.18. The predicted octanol–water partition coefficient (Wildman–Crippen LogP) is 7.13. The summed E-state index contributed by atoms with van der Waals surface area (Å²) in [7, 11) is 1.82. The molecule has 3 aromatic carbocycles. The highest BCUT2D eigenvalue weighted by molar-refractivity contribution is 5.83. The minimum absolute atomic E-state index is 0.0224. The summed E-state index contributed by atoms with van der Waals surface area (Å²) in [6.07, 6.45) is 0. The van der Waals surface area contributed by atoms with E-state index in [1.165, 1.54) is 13.0 Å². The maximum atomic E-state index is 8.99. The van der Waals surface area contributed by atoms with Gasteiger partial charge in [-0.05, 0) is 49.6 Å². The smallest absolute Gasteiger partial charge is 0.123 e. The Morgan fingerprint density at radius 3 is 2.09 bits per heavy atom. The number of hydrogen-bond acceptors (Lipinski definition) is 0. The number of nitrogens with zero attached hydrogens (tertiary/aromatic N) is 2. The van der Waals surface area contributed by atoms with Crippen LogP contribution in [-0.2, 0) is 17.9 Å². The van der Waals surface area contributed by atoms with Crippen molar-refractivity contribution in [3.05, 3.63) is 94.7 Å². The molecule has 168 valence electrons. The van der Waals surface area contributed by atoms with Gasteiger partial charge in [0.15, 0.2) is 7.05 Å². The molecule has 1 aliphatic rings. The molecule has 5 rings (SSSR count). The Bertz CT molecular complexity index is 1660. The van der Waals surface area contributed by atoms with E-state index in [9.17, 15) is 0 Å². The highest BCUT2D eigenvalue weighted by Gasteiger charge is 2.52. The van der Waals surface area contributed by atoms with E-state index in [-0.39, 0.29) is 11.3 Å². The molecule has 1 aromatic heterocycles. The van der Waals surface area contributed by atoms with Crippen molar-refractivity contribution in [2.75, 3.05) is 0 Å². The van der Waals surface area contributed by atoms with E-state index in [0.29, 0.717) is 28.1 Å². The van der Waals surface area contributed by atoms with Crippen LogP contribution in [0, 0.1) is 20.8 Å². The van der Waals surface area contributed by atoms with E-state index in [1.54, 1.807) is 23.7 Å². The van der Waals surface area contributed by atoms with Gasteiger partial charge in [-0.25, -0.2) is 0 Å². The van der Waals surface area contributed by atoms with Crippen LogP contribution < -0.4 is 4.68 Å². The van der Waals surface area contributed by atoms with E-state index in [4.69, 9.17) is 12.3 Å². The Morgan fingerprint density at radius 1 is 0.788 bits per heavy atom. The number of aryl methyl sites for hydroxylation is 3. The molecule has 0 aliphatic carbocycles. The molecular formula is C31H35N2+. The van der Waals surface area contributed by atoms with Gasteiger partial charge in [0.2, 0.25) is 5.69 Å². The average Bonchev–Trinajstić information content (AvgIpc) is 3.15. The van der Waals surface area contributed by atoms with Gasteiger partial charge >= 0.3 is 0 Å². The third-order valence-corrected chi connectivity index (χ3v) is 6.94. The number of hydrogen-bond donors (Lipinski definition) is 0. The molecule has 2 heteroatoms. The SMILES string of the molecule is [2H]C([2H])([2H])C1(C)c2c(-c3ccccc3)c(-c3cc(C)cc(C)c3)[n+](C)n2-c2c(C)cccc2C1(C([2H])([2H])[2H])C([2H])([2H])[2H]. The maximum absolute atomic E-state index is 8.99. The van der Waals surface area contributed by atoms with E-state index in [0.717, 1.165) is 16.7 Å². The molecule has 0 bridgehead atoms. The fourth-order valence-electron chi connectivity index (χ4n) is 5.36. The first-order valence-corrected chi connectivity index (χ1v) is 11.2. The second-order valence-electron chi connectivity index (χ2n) is 9.50. The van der Waals surface area contributed by atoms with Gasteiger partial charge in [-0.1, -0.05) is 93.2 Å². The maximum Gasteiger partial charge on any atom is 0.246 e. The lowest BCUT2D eigenvalue weighted by atomic mass is 9.59. The van der Waals surface area contributed by atoms with Gasteiger partial charge < -0.3 is 0 Å². The zero-order valence-corrected chi connectivity index (χ0v) is 19.7. The molecule has 4 aromatic rings. The van der Waals surface area contributed by atoms with Crippen molar-refractivity contribution < 1.29 is 17.0 Å². The van der Waals surface area contributed by atoms with Gasteiger partial charge in [-0.3, -0.25) is 0 Å². The lowest BCUT2D eigenvalue weighted by Gasteiger charge is -2.46. The topological polar surface area (TPSA) is 8.81 Å². The van der Waals surface area contributed by atoms with E-state index in [2.05, 4.69) is 0 Å². The molecule has 0 amide bonds. The molecule has 0 radical (unpaired) electrons. The number of para-hydroxylation sites is 1. The van der Waals surface area contributed by atoms with Crippen molar-refractivity contribution in [2.45, 2.75) is 59.1 Å². The summed E-state index contributed by atoms with van der Waals surface area (Å²) < 4.78 is 83.8. The molecule has 0 saturated heterocycles. The first-order valence-electron chi connectivity index (χ1n) is 15.7. The predicted molar refractivity (Wildman–Crippen MR) is 138 cm³/mol. The minimum Gasteiger partial charge on any atom is -0.123 e. The number of benzene rings is 3. The molecule has 0 saturated carbocycles. The Morgan fingerprint density at radius 2 is 1.45 bits per heavy atom. The molecular weight excluding hydrogens is 400 g/mol. The Hall–Kier alpha value is -3.13. The Labute approximate surface area is 211 Å². The lowest BCUT2D eigenvalue weighted by Crippen LogP contribution is -2.51. The summed E-state index contributed by atoms with van der Waals surface area (Å²) in [6.45, 7) is -2.44. The van der Waals surface area contributed by atoms with Gasteiger partial charge in [0.05, 0.1) is 5.56 Å². The normalized spacial score (nSPS) is 23.8. The van der Waals surface area contributed by atoms with E-state index < -0.39 is 31.4 Å². The molecule has 0 N–H and O–H groups in total. The van der Waals surface area contributed by atoms with Crippen LogP contribution in [0.2, 0.25) is 0 Å². The third kappa shape index (κ3) is 2.96. The van der Waals surface area contributed by atoms with Crippen LogP contribution in [0.5, 0.6) is 0 Å². The molecule has 1 unspecified atom stereocenters. The standard InChI is InChI=1S/C31H35N2/c1-20-17-21(2)19-24(18-20)28-26(23-14-10-9-11-15-23)29-31(6,7)30(4,5)25-16-12-13-22(3)27(25)33(29)32(28)8/h9-19H,1-8H3/q+1/i4D3,5D3,6D3. The summed E-state index contributed by atoms with van der Waals surface area (Å²) in [4.78, 5) is 0. The van der Waals surface area contributed by atoms with E-state index >= 15 is 0 Å². The van der Waals surface area contributed by atoms with Crippen molar-refractivity contribution in [3.63, 3.8) is 0 Å². The largest absolute Gasteiger partial charge is 0.246 e. The molecule has 0 fully saturated rings. The van der Waals surface area contributed by atoms with Crippen molar-refractivity contribution in [1.29, 1.82) is 0 Å². The van der Waals surface area contributed by atoms with Crippen molar-refractivity contribution in [1.82, 2.24) is 4.68 Å². The molecule has 0 spiro atoms. The summed E-state index contributed by atoms with van der Waals surface area (Å²) in [6, 6.07) is 20.2. The zero-order chi connectivity index (χ0) is 31.2. The lowest BCUT2D eigenvalue weighted by molar-refractivity contribution is -0.735. The van der Waals surface area contributed by atoms with Crippen LogP contribution in [0.25, 0.3) is 28.1 Å². The summed E-state index contributed by atoms with van der Waals surface area (Å²) in [5, 5.41) is 0. The van der Waals surface area contributed by atoms with Crippen LogP contribution in [0.1, 0.15) is 67.8 Å². The van der Waals surface area contributed by atoms with Crippen LogP contribution >= 0.6 is 0 Å². The van der Waals surface area contributed by atoms with Crippen molar-refractivity contribution >= 4 is 0 Å². The van der Waals surface area contributed by atoms with Crippen molar-refractivity contribution in [3.8, 4) is 28.1 Å². The van der Waals surface area contributed by atoms with Gasteiger partial charge in [-0.15, -0.1) is 9.36 Å². The van der Waals surface area contributed by atoms with Crippen LogP contribution in [0.4, 0.5) is 0 Å². The highest BCUT2D eigenvalue weighted by atomic mass is 15.4. The quantitative estimate of drug-likeness (QED) is 0.291. The molecule has 2 heterocycles. The van der Waals surface area contributed by atoms with Gasteiger partial charge in [0, 0.05) is 28.7 Å². The monoisotopic (exact) mass is 444 g/mol. The van der Waals surface area contributed by atoms with Crippen LogP contribution in [0.3, 0.4) is 0 Å². The zero-order valence-electron chi connectivity index (χ0n) is 28.7. The molecule has 1 aliphatic heterocycles. The Kier molecular flexibility index (Phi) is 2.95. The average molecular weight is 445 g/mol. The van der Waals surface area contributed by atoms with Crippen molar-refractivity contribution in [2.24, 2.45) is 7.05 Å². The molecule has 1 atom stereocenters. The fourth-order valence-corrected chi connectivity index (χ4v) is 5.36. The second kappa shape index (κ2) is 7.18. The number of fused-ring (bicyclic) bond motifs is 3. The number of rotatable bonds is 2. The third-order valence-electron chi connectivity index (χ3n) is 6.94. The summed E-state index contributed by atoms with van der Waals surface area (Å²) >= 11 is 0. The van der Waals surface area contributed by atoms with Gasteiger partial charge in [0.25, 0.3) is 0 Å². The summed E-state index contributed by atoms with van der Waals surface area (Å²) in [5.74, 6) is 0. The van der Waals surface area contributed by atoms with Gasteiger partial charge in [0.1, 0.15) is 11.4 Å². The highest BCUT2D eigenvalue weighted by Crippen LogP contribution is 2.54. The molecule has 33 heavy (non-hydrogen) atoms. The van der Waals surface area contributed by atoms with E-state index in [1.807, 2.05) is 74.1 Å². The molecule has 2 nitrogen and oxygen atoms in total. The minimum atomic E-state index is -3.23. The number of aromatic nitrogens is 2. The van der Waals surface area contributed by atoms with Crippen LogP contribution in [-0.4, -0.2) is 4.68 Å². The summed E-state index contributed by atoms with van der Waals surface area (Å²) in [5.41, 5.74) is 0.596. The fraction of sp³-hybridized carbons (Fsp3) is 0.323. The first kappa shape index (κ1) is 13.5. The second-order valence-corrected chi connectivity index (χ2v) is 9.50. The van der Waals surface area contributed by atoms with Crippen LogP contribution in [0.15, 0.2) is 66.7 Å².